The van der Waals surface area contributed by atoms with Crippen molar-refractivity contribution < 1.29 is 4.42 Å². The zero-order valence-electron chi connectivity index (χ0n) is 14.4. The Hall–Kier alpha value is -1.72. The van der Waals surface area contributed by atoms with Crippen LogP contribution in [-0.2, 0) is 19.4 Å². The van der Waals surface area contributed by atoms with Crippen LogP contribution in [0.2, 0.25) is 0 Å². The highest BCUT2D eigenvalue weighted by Crippen LogP contribution is 2.39. The van der Waals surface area contributed by atoms with Gasteiger partial charge in [0, 0.05) is 11.1 Å². The quantitative estimate of drug-likeness (QED) is 0.742. The van der Waals surface area contributed by atoms with Gasteiger partial charge in [0.05, 0.1) is 17.6 Å². The molecule has 0 aromatic carbocycles. The summed E-state index contributed by atoms with van der Waals surface area (Å²) in [4.78, 5) is 11.4. The first kappa shape index (κ1) is 15.8. The predicted octanol–water partition coefficient (Wildman–Crippen LogP) is 4.56. The molecule has 24 heavy (non-hydrogen) atoms. The molecule has 4 nitrogen and oxygen atoms in total. The van der Waals surface area contributed by atoms with E-state index in [4.69, 9.17) is 15.1 Å². The number of thiophene rings is 1. The van der Waals surface area contributed by atoms with Gasteiger partial charge in [-0.1, -0.05) is 20.8 Å². The van der Waals surface area contributed by atoms with Crippen molar-refractivity contribution in [3.05, 3.63) is 35.3 Å². The van der Waals surface area contributed by atoms with Crippen LogP contribution in [0.5, 0.6) is 0 Å². The first-order valence-electron chi connectivity index (χ1n) is 8.51. The third-order valence-electron chi connectivity index (χ3n) is 5.06. The first-order valence-corrected chi connectivity index (χ1v) is 9.33. The highest BCUT2D eigenvalue weighted by Gasteiger charge is 2.29. The van der Waals surface area contributed by atoms with Crippen LogP contribution < -0.4 is 5.73 Å². The summed E-state index contributed by atoms with van der Waals surface area (Å²) in [5.41, 5.74) is 8.63. The molecule has 0 aliphatic heterocycles. The number of oxazole rings is 1. The van der Waals surface area contributed by atoms with Crippen molar-refractivity contribution >= 4 is 21.6 Å². The standard InChI is InChI=1S/C19H23N3OS/c1-19(2,3)13-4-5-15-11(7-13)6-12-8-16(24-18(12)22-15)17-21-10-14(9-20)23-17/h6,8,10,13H,4-5,7,9,20H2,1-3H3. The van der Waals surface area contributed by atoms with Gasteiger partial charge in [0.2, 0.25) is 5.89 Å². The minimum Gasteiger partial charge on any atom is -0.439 e. The maximum absolute atomic E-state index is 5.68. The van der Waals surface area contributed by atoms with Gasteiger partial charge < -0.3 is 10.2 Å². The zero-order valence-corrected chi connectivity index (χ0v) is 15.2. The van der Waals surface area contributed by atoms with E-state index in [1.807, 2.05) is 0 Å². The number of nitrogens with two attached hydrogens (primary N) is 1. The van der Waals surface area contributed by atoms with E-state index in [0.717, 1.165) is 28.5 Å². The molecule has 1 aliphatic rings. The predicted molar refractivity (Wildman–Crippen MR) is 98.0 cm³/mol. The van der Waals surface area contributed by atoms with Gasteiger partial charge in [-0.3, -0.25) is 0 Å². The summed E-state index contributed by atoms with van der Waals surface area (Å²) in [7, 11) is 0. The molecule has 3 aromatic heterocycles. The number of rotatable bonds is 2. The fourth-order valence-corrected chi connectivity index (χ4v) is 4.45. The van der Waals surface area contributed by atoms with E-state index in [1.54, 1.807) is 17.5 Å². The number of aromatic nitrogens is 2. The minimum absolute atomic E-state index is 0.350. The van der Waals surface area contributed by atoms with Crippen molar-refractivity contribution in [2.24, 2.45) is 17.1 Å². The van der Waals surface area contributed by atoms with E-state index >= 15 is 0 Å². The molecule has 0 radical (unpaired) electrons. The number of hydrogen-bond acceptors (Lipinski definition) is 5. The fourth-order valence-electron chi connectivity index (χ4n) is 3.48. The Morgan fingerprint density at radius 3 is 2.88 bits per heavy atom. The van der Waals surface area contributed by atoms with E-state index in [0.29, 0.717) is 23.6 Å². The molecule has 5 heteroatoms. The van der Waals surface area contributed by atoms with Gasteiger partial charge in [-0.25, -0.2) is 9.97 Å². The number of fused-ring (bicyclic) bond motifs is 2. The van der Waals surface area contributed by atoms with Gasteiger partial charge >= 0.3 is 0 Å². The molecule has 126 valence electrons. The molecule has 0 bridgehead atoms. The van der Waals surface area contributed by atoms with E-state index in [2.05, 4.69) is 37.9 Å². The van der Waals surface area contributed by atoms with Crippen molar-refractivity contribution in [2.45, 2.75) is 46.6 Å². The molecule has 1 unspecified atom stereocenters. The normalized spacial score (nSPS) is 18.1. The van der Waals surface area contributed by atoms with Crippen LogP contribution in [0, 0.1) is 11.3 Å². The Balaban J connectivity index is 1.71. The van der Waals surface area contributed by atoms with Crippen molar-refractivity contribution in [3.8, 4) is 10.8 Å². The maximum Gasteiger partial charge on any atom is 0.236 e. The summed E-state index contributed by atoms with van der Waals surface area (Å²) in [5, 5.41) is 1.19. The third kappa shape index (κ3) is 2.76. The van der Waals surface area contributed by atoms with E-state index in [9.17, 15) is 0 Å². The lowest BCUT2D eigenvalue weighted by atomic mass is 9.71. The lowest BCUT2D eigenvalue weighted by Gasteiger charge is -2.34. The Bertz CT molecular complexity index is 888. The second-order valence-electron chi connectivity index (χ2n) is 7.74. The molecule has 0 amide bonds. The van der Waals surface area contributed by atoms with Gasteiger partial charge in [0.1, 0.15) is 10.6 Å². The number of aryl methyl sites for hydroxylation is 1. The monoisotopic (exact) mass is 341 g/mol. The smallest absolute Gasteiger partial charge is 0.236 e. The topological polar surface area (TPSA) is 64.9 Å². The largest absolute Gasteiger partial charge is 0.439 e. The molecule has 1 atom stereocenters. The van der Waals surface area contributed by atoms with Crippen molar-refractivity contribution in [1.82, 2.24) is 9.97 Å². The summed E-state index contributed by atoms with van der Waals surface area (Å²) >= 11 is 1.65. The SMILES string of the molecule is CC(C)(C)C1CCc2nc3sc(-c4ncc(CN)o4)cc3cc2C1. The van der Waals surface area contributed by atoms with Gasteiger partial charge in [-0.05, 0) is 48.3 Å². The second kappa shape index (κ2) is 5.67. The summed E-state index contributed by atoms with van der Waals surface area (Å²) < 4.78 is 5.68. The first-order chi connectivity index (χ1) is 11.4. The molecule has 0 saturated heterocycles. The number of pyridine rings is 1. The van der Waals surface area contributed by atoms with Crippen molar-refractivity contribution in [2.75, 3.05) is 0 Å². The van der Waals surface area contributed by atoms with Crippen molar-refractivity contribution in [3.63, 3.8) is 0 Å². The van der Waals surface area contributed by atoms with Gasteiger partial charge in [-0.2, -0.15) is 0 Å². The highest BCUT2D eigenvalue weighted by molar-refractivity contribution is 7.21. The lowest BCUT2D eigenvalue weighted by Crippen LogP contribution is -2.27. The Labute approximate surface area is 146 Å². The summed E-state index contributed by atoms with van der Waals surface area (Å²) in [5.74, 6) is 2.08. The molecular weight excluding hydrogens is 318 g/mol. The minimum atomic E-state index is 0.350. The summed E-state index contributed by atoms with van der Waals surface area (Å²) in [6.07, 6.45) is 5.14. The van der Waals surface area contributed by atoms with Gasteiger partial charge in [0.15, 0.2) is 0 Å². The molecule has 2 N–H and O–H groups in total. The third-order valence-corrected chi connectivity index (χ3v) is 6.10. The molecule has 3 aromatic rings. The van der Waals surface area contributed by atoms with Crippen LogP contribution in [0.1, 0.15) is 44.2 Å². The fraction of sp³-hybridized carbons (Fsp3) is 0.474. The molecule has 1 aliphatic carbocycles. The summed E-state index contributed by atoms with van der Waals surface area (Å²) in [6.45, 7) is 7.40. The molecule has 3 heterocycles. The van der Waals surface area contributed by atoms with Crippen LogP contribution >= 0.6 is 11.3 Å². The van der Waals surface area contributed by atoms with Gasteiger partial charge in [0.25, 0.3) is 0 Å². The van der Waals surface area contributed by atoms with Crippen LogP contribution in [0.15, 0.2) is 22.7 Å². The van der Waals surface area contributed by atoms with Crippen LogP contribution in [-0.4, -0.2) is 9.97 Å². The average Bonchev–Trinajstić information content (AvgIpc) is 3.17. The van der Waals surface area contributed by atoms with Crippen LogP contribution in [0.3, 0.4) is 0 Å². The molecule has 0 saturated carbocycles. The second-order valence-corrected chi connectivity index (χ2v) is 8.77. The maximum atomic E-state index is 5.68. The van der Waals surface area contributed by atoms with Crippen molar-refractivity contribution in [1.29, 1.82) is 0 Å². The average molecular weight is 341 g/mol. The Morgan fingerprint density at radius 2 is 2.17 bits per heavy atom. The van der Waals surface area contributed by atoms with E-state index in [1.165, 1.54) is 23.1 Å². The van der Waals surface area contributed by atoms with Gasteiger partial charge in [-0.15, -0.1) is 11.3 Å². The van der Waals surface area contributed by atoms with E-state index < -0.39 is 0 Å². The summed E-state index contributed by atoms with van der Waals surface area (Å²) in [6, 6.07) is 4.46. The zero-order chi connectivity index (χ0) is 16.9. The molecule has 0 fully saturated rings. The van der Waals surface area contributed by atoms with Crippen LogP contribution in [0.25, 0.3) is 21.0 Å². The number of nitrogens with zero attached hydrogens (tertiary/aromatic N) is 2. The number of hydrogen-bond donors (Lipinski definition) is 1. The molecule has 4 rings (SSSR count). The molecule has 0 spiro atoms. The lowest BCUT2D eigenvalue weighted by molar-refractivity contribution is 0.215. The van der Waals surface area contributed by atoms with E-state index in [-0.39, 0.29) is 0 Å². The Morgan fingerprint density at radius 1 is 1.33 bits per heavy atom. The Kier molecular flexibility index (Phi) is 3.73. The molecular formula is C19H23N3OS. The highest BCUT2D eigenvalue weighted by atomic mass is 32.1. The van der Waals surface area contributed by atoms with Crippen LogP contribution in [0.4, 0.5) is 0 Å².